The summed E-state index contributed by atoms with van der Waals surface area (Å²) in [5.41, 5.74) is 7.30. The Balaban J connectivity index is 1.71. The molecule has 7 nitrogen and oxygen atoms in total. The van der Waals surface area contributed by atoms with Crippen molar-refractivity contribution in [1.82, 2.24) is 15.6 Å². The predicted octanol–water partition coefficient (Wildman–Crippen LogP) is 2.33. The van der Waals surface area contributed by atoms with E-state index in [0.29, 0.717) is 23.5 Å². The molecule has 3 rings (SSSR count). The summed E-state index contributed by atoms with van der Waals surface area (Å²) in [5, 5.41) is 6.66. The van der Waals surface area contributed by atoms with Gasteiger partial charge in [0.2, 0.25) is 0 Å². The summed E-state index contributed by atoms with van der Waals surface area (Å²) < 4.78 is 5.86. The number of carbonyl (C=O) groups is 1. The molecular weight excluding hydrogens is 366 g/mol. The van der Waals surface area contributed by atoms with Crippen LogP contribution in [-0.4, -0.2) is 55.4 Å². The molecule has 0 spiro atoms. The van der Waals surface area contributed by atoms with E-state index in [4.69, 9.17) is 10.5 Å². The molecule has 3 unspecified atom stereocenters. The van der Waals surface area contributed by atoms with Gasteiger partial charge < -0.3 is 26.0 Å². The average molecular weight is 404 g/mol. The van der Waals surface area contributed by atoms with Crippen molar-refractivity contribution in [3.8, 4) is 0 Å². The van der Waals surface area contributed by atoms with Gasteiger partial charge in [-0.25, -0.2) is 4.98 Å². The lowest BCUT2D eigenvalue weighted by Gasteiger charge is -2.40. The first kappa shape index (κ1) is 22.0. The normalized spacial score (nSPS) is 24.8. The molecule has 1 saturated carbocycles. The zero-order valence-corrected chi connectivity index (χ0v) is 18.1. The van der Waals surface area contributed by atoms with Gasteiger partial charge in [0, 0.05) is 38.5 Å². The lowest BCUT2D eigenvalue weighted by Crippen LogP contribution is -2.56. The molecule has 0 bridgehead atoms. The molecular formula is C22H37N5O2. The van der Waals surface area contributed by atoms with Crippen molar-refractivity contribution >= 4 is 11.7 Å². The Morgan fingerprint density at radius 2 is 2.00 bits per heavy atom. The average Bonchev–Trinajstić information content (AvgIpc) is 2.96. The van der Waals surface area contributed by atoms with Crippen molar-refractivity contribution in [3.05, 3.63) is 23.4 Å². The lowest BCUT2D eigenvalue weighted by atomic mass is 9.98. The third kappa shape index (κ3) is 5.90. The first-order chi connectivity index (χ1) is 14.0. The van der Waals surface area contributed by atoms with Crippen LogP contribution in [0.1, 0.15) is 67.8 Å². The van der Waals surface area contributed by atoms with Crippen molar-refractivity contribution in [2.24, 2.45) is 5.73 Å². The van der Waals surface area contributed by atoms with Crippen LogP contribution in [0.15, 0.2) is 12.3 Å². The minimum Gasteiger partial charge on any atom is -0.378 e. The molecule has 2 heterocycles. The predicted molar refractivity (Wildman–Crippen MR) is 116 cm³/mol. The Hall–Kier alpha value is -1.70. The van der Waals surface area contributed by atoms with Crippen LogP contribution in [0.5, 0.6) is 0 Å². The van der Waals surface area contributed by atoms with E-state index in [2.05, 4.69) is 20.5 Å². The minimum absolute atomic E-state index is 0.0689. The molecule has 7 heteroatoms. The summed E-state index contributed by atoms with van der Waals surface area (Å²) in [4.78, 5) is 19.5. The van der Waals surface area contributed by atoms with Crippen molar-refractivity contribution in [2.75, 3.05) is 25.1 Å². The molecule has 3 atom stereocenters. The van der Waals surface area contributed by atoms with E-state index in [0.717, 1.165) is 25.1 Å². The first-order valence-corrected chi connectivity index (χ1v) is 11.0. The smallest absolute Gasteiger partial charge is 0.256 e. The quantitative estimate of drug-likeness (QED) is 0.499. The summed E-state index contributed by atoms with van der Waals surface area (Å²) in [6.45, 7) is 5.26. The zero-order valence-electron chi connectivity index (χ0n) is 18.1. The zero-order chi connectivity index (χ0) is 20.8. The number of hydrogen-bond donors (Lipinski definition) is 3. The number of nitrogens with one attached hydrogen (secondary N) is 2. The topological polar surface area (TPSA) is 92.5 Å². The second kappa shape index (κ2) is 10.4. The summed E-state index contributed by atoms with van der Waals surface area (Å²) in [7, 11) is 1.78. The Labute approximate surface area is 174 Å². The fourth-order valence-corrected chi connectivity index (χ4v) is 4.55. The molecule has 0 aromatic carbocycles. The first-order valence-electron chi connectivity index (χ1n) is 11.0. The fourth-order valence-electron chi connectivity index (χ4n) is 4.55. The number of carbonyl (C=O) groups excluding carboxylic acids is 1. The van der Waals surface area contributed by atoms with Crippen LogP contribution in [-0.2, 0) is 4.74 Å². The van der Waals surface area contributed by atoms with Crippen molar-refractivity contribution in [1.29, 1.82) is 0 Å². The van der Waals surface area contributed by atoms with Crippen LogP contribution in [0.3, 0.4) is 0 Å². The maximum absolute atomic E-state index is 12.7. The number of amides is 1. The highest BCUT2D eigenvalue weighted by molar-refractivity contribution is 5.99. The van der Waals surface area contributed by atoms with E-state index >= 15 is 0 Å². The molecule has 4 N–H and O–H groups in total. The van der Waals surface area contributed by atoms with Gasteiger partial charge in [-0.3, -0.25) is 4.79 Å². The van der Waals surface area contributed by atoms with Crippen LogP contribution in [0.4, 0.5) is 5.82 Å². The third-order valence-electron chi connectivity index (χ3n) is 6.07. The highest BCUT2D eigenvalue weighted by Gasteiger charge is 2.33. The number of hydrogen-bond acceptors (Lipinski definition) is 6. The number of aryl methyl sites for hydroxylation is 1. The highest BCUT2D eigenvalue weighted by Crippen LogP contribution is 2.26. The number of aromatic nitrogens is 1. The van der Waals surface area contributed by atoms with E-state index in [1.165, 1.54) is 38.5 Å². The van der Waals surface area contributed by atoms with Crippen molar-refractivity contribution in [3.63, 3.8) is 0 Å². The molecule has 162 valence electrons. The van der Waals surface area contributed by atoms with Crippen LogP contribution in [0, 0.1) is 6.92 Å². The van der Waals surface area contributed by atoms with Gasteiger partial charge in [-0.15, -0.1) is 0 Å². The standard InChI is InChI=1S/C22H37N5O2/c1-15-12-18(22(28)25-16(2)23)21(24-13-15)27-11-10-19(20(14-27)29-3)26-17-8-6-4-5-7-9-17/h12-13,16-17,19-20,26H,4-11,14,23H2,1-3H3,(H,25,28). The van der Waals surface area contributed by atoms with Gasteiger partial charge in [0.15, 0.2) is 0 Å². The van der Waals surface area contributed by atoms with Gasteiger partial charge in [0.25, 0.3) is 5.91 Å². The molecule has 1 aromatic rings. The highest BCUT2D eigenvalue weighted by atomic mass is 16.5. The number of piperidine rings is 1. The maximum atomic E-state index is 12.7. The Morgan fingerprint density at radius 1 is 1.28 bits per heavy atom. The van der Waals surface area contributed by atoms with Crippen LogP contribution in [0.25, 0.3) is 0 Å². The molecule has 1 aliphatic carbocycles. The molecule has 2 aliphatic rings. The molecule has 1 aromatic heterocycles. The van der Waals surface area contributed by atoms with Crippen LogP contribution >= 0.6 is 0 Å². The molecule has 1 aliphatic heterocycles. The van der Waals surface area contributed by atoms with Gasteiger partial charge in [-0.2, -0.15) is 0 Å². The second-order valence-corrected chi connectivity index (χ2v) is 8.62. The Bertz CT molecular complexity index is 673. The summed E-state index contributed by atoms with van der Waals surface area (Å²) in [5.74, 6) is 0.530. The minimum atomic E-state index is -0.405. The summed E-state index contributed by atoms with van der Waals surface area (Å²) >= 11 is 0. The number of ether oxygens (including phenoxy) is 1. The van der Waals surface area contributed by atoms with Gasteiger partial charge in [0.05, 0.1) is 17.8 Å². The van der Waals surface area contributed by atoms with E-state index in [9.17, 15) is 4.79 Å². The van der Waals surface area contributed by atoms with E-state index < -0.39 is 6.17 Å². The molecule has 1 saturated heterocycles. The van der Waals surface area contributed by atoms with E-state index in [-0.39, 0.29) is 12.0 Å². The molecule has 29 heavy (non-hydrogen) atoms. The molecule has 1 amide bonds. The van der Waals surface area contributed by atoms with Gasteiger partial charge in [-0.05, 0) is 44.7 Å². The largest absolute Gasteiger partial charge is 0.378 e. The number of rotatable bonds is 6. The van der Waals surface area contributed by atoms with Gasteiger partial charge in [0.1, 0.15) is 5.82 Å². The summed E-state index contributed by atoms with van der Waals surface area (Å²) in [6, 6.07) is 2.82. The number of anilines is 1. The SMILES string of the molecule is COC1CN(c2ncc(C)cc2C(=O)NC(C)N)CCC1NC1CCCCCC1. The van der Waals surface area contributed by atoms with Crippen molar-refractivity contribution in [2.45, 2.75) is 83.1 Å². The molecule has 2 fully saturated rings. The fraction of sp³-hybridized carbons (Fsp3) is 0.727. The maximum Gasteiger partial charge on any atom is 0.256 e. The number of nitrogens with zero attached hydrogens (tertiary/aromatic N) is 2. The second-order valence-electron chi connectivity index (χ2n) is 8.62. The van der Waals surface area contributed by atoms with Crippen LogP contribution < -0.4 is 21.3 Å². The van der Waals surface area contributed by atoms with Crippen LogP contribution in [0.2, 0.25) is 0 Å². The van der Waals surface area contributed by atoms with Gasteiger partial charge in [-0.1, -0.05) is 25.7 Å². The number of nitrogens with two attached hydrogens (primary N) is 1. The summed E-state index contributed by atoms with van der Waals surface area (Å²) in [6.07, 6.45) is 10.3. The lowest BCUT2D eigenvalue weighted by molar-refractivity contribution is 0.0546. The van der Waals surface area contributed by atoms with Crippen molar-refractivity contribution < 1.29 is 9.53 Å². The van der Waals surface area contributed by atoms with Gasteiger partial charge >= 0.3 is 0 Å². The third-order valence-corrected chi connectivity index (χ3v) is 6.07. The van der Waals surface area contributed by atoms with E-state index in [1.54, 1.807) is 14.0 Å². The number of pyridine rings is 1. The Morgan fingerprint density at radius 3 is 2.66 bits per heavy atom. The Kier molecular flexibility index (Phi) is 7.86. The van der Waals surface area contributed by atoms with E-state index in [1.807, 2.05) is 19.2 Å². The monoisotopic (exact) mass is 403 g/mol. The number of methoxy groups -OCH3 is 1. The molecule has 0 radical (unpaired) electrons.